The first-order chi connectivity index (χ1) is 22.5. The first kappa shape index (κ1) is 34.0. The van der Waals surface area contributed by atoms with E-state index in [2.05, 4.69) is 10.6 Å². The highest BCUT2D eigenvalue weighted by atomic mass is 32.2. The highest BCUT2D eigenvalue weighted by Crippen LogP contribution is 2.43. The number of hydrogen-bond donors (Lipinski definition) is 3. The lowest BCUT2D eigenvalue weighted by atomic mass is 9.91. The van der Waals surface area contributed by atoms with Crippen LogP contribution in [0.3, 0.4) is 0 Å². The number of rotatable bonds is 9. The first-order valence-electron chi connectivity index (χ1n) is 14.4. The van der Waals surface area contributed by atoms with Crippen LogP contribution in [0.1, 0.15) is 53.3 Å². The number of thioether (sulfide) groups is 1. The van der Waals surface area contributed by atoms with Gasteiger partial charge in [0.1, 0.15) is 5.56 Å². The van der Waals surface area contributed by atoms with Gasteiger partial charge in [-0.3, -0.25) is 9.59 Å². The van der Waals surface area contributed by atoms with E-state index < -0.39 is 53.0 Å². The molecule has 3 N–H and O–H groups in total. The fourth-order valence-corrected chi connectivity index (χ4v) is 6.15. The van der Waals surface area contributed by atoms with E-state index in [0.717, 1.165) is 16.0 Å². The van der Waals surface area contributed by atoms with Crippen LogP contribution in [-0.4, -0.2) is 28.8 Å². The van der Waals surface area contributed by atoms with Gasteiger partial charge < -0.3 is 25.2 Å². The molecule has 246 valence electrons. The molecule has 0 saturated carbocycles. The maximum Gasteiger partial charge on any atom is 0.261 e. The predicted molar refractivity (Wildman–Crippen MR) is 165 cm³/mol. The number of hydrogen-bond acceptors (Lipinski definition) is 6. The fourth-order valence-electron chi connectivity index (χ4n) is 5.09. The summed E-state index contributed by atoms with van der Waals surface area (Å²) in [5.41, 5.74) is 1.01. The lowest BCUT2D eigenvalue weighted by Gasteiger charge is -2.41. The van der Waals surface area contributed by atoms with Gasteiger partial charge in [0.15, 0.2) is 29.6 Å². The summed E-state index contributed by atoms with van der Waals surface area (Å²) < 4.78 is 82.3. The first-order valence-corrected chi connectivity index (χ1v) is 15.4. The Morgan fingerprint density at radius 3 is 2.04 bits per heavy atom. The molecule has 4 aromatic carbocycles. The van der Waals surface area contributed by atoms with Gasteiger partial charge in [-0.05, 0) is 47.5 Å². The second-order valence-corrected chi connectivity index (χ2v) is 12.0. The van der Waals surface area contributed by atoms with E-state index in [1.807, 2.05) is 31.2 Å². The second-order valence-electron chi connectivity index (χ2n) is 10.9. The summed E-state index contributed by atoms with van der Waals surface area (Å²) in [6.45, 7) is 3.27. The number of halogens is 5. The van der Waals surface area contributed by atoms with Crippen molar-refractivity contribution in [1.82, 2.24) is 0 Å². The minimum absolute atomic E-state index is 0.00343. The van der Waals surface area contributed by atoms with Gasteiger partial charge in [0.2, 0.25) is 11.7 Å². The van der Waals surface area contributed by atoms with Crippen molar-refractivity contribution in [3.05, 3.63) is 124 Å². The van der Waals surface area contributed by atoms with Crippen LogP contribution in [0.25, 0.3) is 0 Å². The summed E-state index contributed by atoms with van der Waals surface area (Å²) in [6, 6.07) is 20.5. The molecule has 0 bridgehead atoms. The third kappa shape index (κ3) is 7.65. The quantitative estimate of drug-likeness (QED) is 0.0731. The Labute approximate surface area is 271 Å². The van der Waals surface area contributed by atoms with Crippen molar-refractivity contribution in [3.63, 3.8) is 0 Å². The summed E-state index contributed by atoms with van der Waals surface area (Å²) in [5.74, 6) is -12.7. The van der Waals surface area contributed by atoms with Crippen LogP contribution >= 0.6 is 11.8 Å². The Hall–Kier alpha value is -4.30. The topological polar surface area (TPSA) is 96.9 Å². The van der Waals surface area contributed by atoms with Crippen LogP contribution in [0.15, 0.2) is 77.7 Å². The van der Waals surface area contributed by atoms with Crippen LogP contribution in [0.4, 0.5) is 33.3 Å². The zero-order valence-corrected chi connectivity index (χ0v) is 25.8. The van der Waals surface area contributed by atoms with E-state index in [1.165, 1.54) is 36.9 Å². The number of nitrogens with one attached hydrogen (secondary N) is 2. The molecular formula is C34H29F5N2O5S. The van der Waals surface area contributed by atoms with E-state index in [0.29, 0.717) is 17.0 Å². The summed E-state index contributed by atoms with van der Waals surface area (Å²) >= 11 is 1.53. The van der Waals surface area contributed by atoms with Crippen molar-refractivity contribution >= 4 is 35.0 Å². The van der Waals surface area contributed by atoms with Gasteiger partial charge in [-0.15, -0.1) is 11.8 Å². The summed E-state index contributed by atoms with van der Waals surface area (Å²) in [7, 11) is 0. The monoisotopic (exact) mass is 672 g/mol. The molecule has 4 aromatic rings. The molecule has 47 heavy (non-hydrogen) atoms. The maximum atomic E-state index is 14.3. The minimum Gasteiger partial charge on any atom is -0.392 e. The molecule has 4 atom stereocenters. The number of benzene rings is 4. The molecule has 0 aromatic heterocycles. The smallest absolute Gasteiger partial charge is 0.261 e. The molecule has 0 aliphatic carbocycles. The highest BCUT2D eigenvalue weighted by Gasteiger charge is 2.38. The standard InChI is InChI=1S/C34H29F5N2O5S/c1-17-25(16-47-24-12-10-22(11-13-24)40-18(2)43)45-34(46-32(17)20-8-6-19(15-42)7-9-20)21-4-3-5-23(14-21)41-33(44)26-27(35)29(37)31(39)30(38)28(26)36/h3-14,17,25,32,34,42H,15-16H2,1-2H3,(H,40,43)(H,41,44)/t17-,25+,32+,34+/m0/s1. The van der Waals surface area contributed by atoms with Crippen LogP contribution in [0.2, 0.25) is 0 Å². The van der Waals surface area contributed by atoms with Crippen molar-refractivity contribution in [2.75, 3.05) is 16.4 Å². The SMILES string of the molecule is CC(=O)Nc1ccc(SC[C@H]2O[C@@H](c3cccc(NC(=O)c4c(F)c(F)c(F)c(F)c4F)c3)O[C@@H](c3ccc(CO)cc3)[C@H]2C)cc1. The molecule has 7 nitrogen and oxygen atoms in total. The average Bonchev–Trinajstić information content (AvgIpc) is 3.06. The number of amides is 2. The third-order valence-corrected chi connectivity index (χ3v) is 8.67. The van der Waals surface area contributed by atoms with Gasteiger partial charge >= 0.3 is 0 Å². The number of aliphatic hydroxyl groups excluding tert-OH is 1. The maximum absolute atomic E-state index is 14.3. The van der Waals surface area contributed by atoms with Crippen molar-refractivity contribution in [1.29, 1.82) is 0 Å². The number of carbonyl (C=O) groups excluding carboxylic acids is 2. The Bertz CT molecular complexity index is 1750. The van der Waals surface area contributed by atoms with Gasteiger partial charge in [0.05, 0.1) is 18.8 Å². The number of carbonyl (C=O) groups is 2. The van der Waals surface area contributed by atoms with Gasteiger partial charge in [0, 0.05) is 40.4 Å². The van der Waals surface area contributed by atoms with Gasteiger partial charge in [-0.2, -0.15) is 0 Å². The summed E-state index contributed by atoms with van der Waals surface area (Å²) in [6.07, 6.45) is -1.82. The van der Waals surface area contributed by atoms with Gasteiger partial charge in [-0.25, -0.2) is 22.0 Å². The Kier molecular flexibility index (Phi) is 10.6. The van der Waals surface area contributed by atoms with Crippen LogP contribution in [0.5, 0.6) is 0 Å². The van der Waals surface area contributed by atoms with Gasteiger partial charge in [-0.1, -0.05) is 43.3 Å². The normalized spacial score (nSPS) is 19.3. The zero-order valence-electron chi connectivity index (χ0n) is 25.0. The molecule has 13 heteroatoms. The van der Waals surface area contributed by atoms with Crippen molar-refractivity contribution in [2.24, 2.45) is 5.92 Å². The predicted octanol–water partition coefficient (Wildman–Crippen LogP) is 7.67. The number of anilines is 2. The molecule has 1 fully saturated rings. The van der Waals surface area contributed by atoms with E-state index in [1.54, 1.807) is 30.3 Å². The molecule has 0 spiro atoms. The molecule has 1 aliphatic heterocycles. The fraction of sp³-hybridized carbons (Fsp3) is 0.235. The van der Waals surface area contributed by atoms with Gasteiger partial charge in [0.25, 0.3) is 5.91 Å². The van der Waals surface area contributed by atoms with E-state index in [-0.39, 0.29) is 30.2 Å². The largest absolute Gasteiger partial charge is 0.392 e. The molecule has 0 unspecified atom stereocenters. The van der Waals surface area contributed by atoms with Crippen molar-refractivity contribution in [3.8, 4) is 0 Å². The van der Waals surface area contributed by atoms with Crippen molar-refractivity contribution < 1.29 is 46.1 Å². The molecule has 5 rings (SSSR count). The zero-order chi connectivity index (χ0) is 33.8. The van der Waals surface area contributed by atoms with E-state index >= 15 is 0 Å². The number of aliphatic hydroxyl groups is 1. The Balaban J connectivity index is 1.39. The Morgan fingerprint density at radius 2 is 1.43 bits per heavy atom. The summed E-state index contributed by atoms with van der Waals surface area (Å²) in [4.78, 5) is 25.0. The molecular weight excluding hydrogens is 643 g/mol. The minimum atomic E-state index is -2.37. The Morgan fingerprint density at radius 1 is 0.787 bits per heavy atom. The average molecular weight is 673 g/mol. The molecule has 1 heterocycles. The molecule has 0 radical (unpaired) electrons. The molecule has 1 aliphatic rings. The second kappa shape index (κ2) is 14.6. The van der Waals surface area contributed by atoms with Crippen LogP contribution < -0.4 is 10.6 Å². The van der Waals surface area contributed by atoms with Crippen LogP contribution in [0, 0.1) is 35.0 Å². The summed E-state index contributed by atoms with van der Waals surface area (Å²) in [5, 5.41) is 14.4. The lowest BCUT2D eigenvalue weighted by Crippen LogP contribution is -2.38. The third-order valence-electron chi connectivity index (χ3n) is 7.57. The van der Waals surface area contributed by atoms with E-state index in [4.69, 9.17) is 9.47 Å². The number of ether oxygens (including phenoxy) is 2. The molecule has 2 amide bonds. The highest BCUT2D eigenvalue weighted by molar-refractivity contribution is 7.99. The van der Waals surface area contributed by atoms with Crippen molar-refractivity contribution in [2.45, 2.75) is 43.8 Å². The molecule has 1 saturated heterocycles. The van der Waals surface area contributed by atoms with Crippen LogP contribution in [-0.2, 0) is 20.9 Å². The van der Waals surface area contributed by atoms with E-state index in [9.17, 15) is 36.6 Å². The lowest BCUT2D eigenvalue weighted by molar-refractivity contribution is -0.268.